The molecule has 7 nitrogen and oxygen atoms in total. The van der Waals surface area contributed by atoms with E-state index in [1.165, 1.54) is 24.3 Å². The zero-order chi connectivity index (χ0) is 22.2. The summed E-state index contributed by atoms with van der Waals surface area (Å²) < 4.78 is 19.3. The van der Waals surface area contributed by atoms with Crippen LogP contribution in [-0.2, 0) is 6.42 Å². The molecule has 0 aliphatic heterocycles. The number of aromatic nitrogens is 3. The van der Waals surface area contributed by atoms with Crippen LogP contribution in [0.4, 0.5) is 4.39 Å². The lowest BCUT2D eigenvalue weighted by Gasteiger charge is -2.12. The molecule has 0 radical (unpaired) electrons. The van der Waals surface area contributed by atoms with E-state index in [1.54, 1.807) is 36.7 Å². The van der Waals surface area contributed by atoms with Crippen molar-refractivity contribution in [1.82, 2.24) is 15.2 Å². The molecule has 0 aliphatic rings. The van der Waals surface area contributed by atoms with Gasteiger partial charge in [-0.15, -0.1) is 0 Å². The minimum Gasteiger partial charge on any atom is -0.508 e. The zero-order valence-electron chi connectivity index (χ0n) is 16.5. The van der Waals surface area contributed by atoms with Gasteiger partial charge in [-0.25, -0.2) is 9.18 Å². The van der Waals surface area contributed by atoms with Gasteiger partial charge in [0, 0.05) is 35.2 Å². The number of phenols is 2. The Kier molecular flexibility index (Phi) is 4.67. The Morgan fingerprint density at radius 1 is 1.06 bits per heavy atom. The molecule has 0 unspecified atom stereocenters. The Hall–Kier alpha value is -4.46. The number of nitrogens with one attached hydrogen (secondary N) is 1. The molecule has 0 saturated heterocycles. The molecular formula is C24H16FN3O4. The number of benzene rings is 2. The van der Waals surface area contributed by atoms with Crippen molar-refractivity contribution in [2.75, 3.05) is 0 Å². The van der Waals surface area contributed by atoms with Gasteiger partial charge >= 0.3 is 5.63 Å². The fourth-order valence-electron chi connectivity index (χ4n) is 3.78. The first-order valence-electron chi connectivity index (χ1n) is 9.72. The summed E-state index contributed by atoms with van der Waals surface area (Å²) in [4.78, 5) is 17.3. The Morgan fingerprint density at radius 3 is 2.75 bits per heavy atom. The summed E-state index contributed by atoms with van der Waals surface area (Å²) in [6.07, 6.45) is 3.34. The Morgan fingerprint density at radius 2 is 1.94 bits per heavy atom. The first-order valence-corrected chi connectivity index (χ1v) is 9.72. The summed E-state index contributed by atoms with van der Waals surface area (Å²) in [5.74, 6) is -0.649. The van der Waals surface area contributed by atoms with E-state index in [4.69, 9.17) is 4.42 Å². The fourth-order valence-corrected chi connectivity index (χ4v) is 3.78. The second-order valence-corrected chi connectivity index (χ2v) is 7.25. The Bertz CT molecular complexity index is 1510. The normalized spacial score (nSPS) is 11.2. The SMILES string of the molecule is O=c1oc2cc(O)ccc2c(Cc2cn[nH]c2-c2cc(F)ccc2O)c1-c1ccccn1. The minimum atomic E-state index is -0.601. The molecule has 0 bridgehead atoms. The van der Waals surface area contributed by atoms with Gasteiger partial charge in [0.2, 0.25) is 0 Å². The second-order valence-electron chi connectivity index (χ2n) is 7.25. The predicted octanol–water partition coefficient (Wildman–Crippen LogP) is 4.39. The predicted molar refractivity (Wildman–Crippen MR) is 116 cm³/mol. The van der Waals surface area contributed by atoms with Crippen LogP contribution < -0.4 is 5.63 Å². The number of fused-ring (bicyclic) bond motifs is 1. The molecule has 0 spiro atoms. The summed E-state index contributed by atoms with van der Waals surface area (Å²) in [5, 5.41) is 27.6. The summed E-state index contributed by atoms with van der Waals surface area (Å²) in [7, 11) is 0. The number of pyridine rings is 1. The van der Waals surface area contributed by atoms with E-state index in [-0.39, 0.29) is 34.6 Å². The summed E-state index contributed by atoms with van der Waals surface area (Å²) in [6, 6.07) is 13.4. The van der Waals surface area contributed by atoms with Gasteiger partial charge in [0.1, 0.15) is 22.9 Å². The third kappa shape index (κ3) is 3.37. The topological polar surface area (TPSA) is 112 Å². The van der Waals surface area contributed by atoms with Crippen LogP contribution >= 0.6 is 0 Å². The average Bonchev–Trinajstić information content (AvgIpc) is 3.23. The lowest BCUT2D eigenvalue weighted by Crippen LogP contribution is -2.09. The van der Waals surface area contributed by atoms with Crippen LogP contribution in [-0.4, -0.2) is 25.4 Å². The van der Waals surface area contributed by atoms with Crippen molar-refractivity contribution in [3.8, 4) is 34.0 Å². The van der Waals surface area contributed by atoms with E-state index < -0.39 is 11.4 Å². The molecule has 3 N–H and O–H groups in total. The van der Waals surface area contributed by atoms with Crippen molar-refractivity contribution in [2.45, 2.75) is 6.42 Å². The molecule has 3 heterocycles. The van der Waals surface area contributed by atoms with Crippen molar-refractivity contribution < 1.29 is 19.0 Å². The zero-order valence-corrected chi connectivity index (χ0v) is 16.5. The van der Waals surface area contributed by atoms with E-state index in [1.807, 2.05) is 0 Å². The highest BCUT2D eigenvalue weighted by molar-refractivity contribution is 5.88. The maximum atomic E-state index is 13.9. The number of aromatic hydroxyl groups is 2. The van der Waals surface area contributed by atoms with Crippen LogP contribution in [0.2, 0.25) is 0 Å². The van der Waals surface area contributed by atoms with Gasteiger partial charge in [-0.05, 0) is 48.0 Å². The molecule has 0 saturated carbocycles. The molecule has 0 atom stereocenters. The molecule has 3 aromatic heterocycles. The molecular weight excluding hydrogens is 413 g/mol. The number of rotatable bonds is 4. The number of hydrogen-bond donors (Lipinski definition) is 3. The van der Waals surface area contributed by atoms with Crippen LogP contribution in [0.25, 0.3) is 33.5 Å². The highest BCUT2D eigenvalue weighted by Gasteiger charge is 2.21. The fraction of sp³-hybridized carbons (Fsp3) is 0.0417. The van der Waals surface area contributed by atoms with E-state index in [2.05, 4.69) is 15.2 Å². The van der Waals surface area contributed by atoms with Crippen molar-refractivity contribution in [3.05, 3.63) is 94.4 Å². The van der Waals surface area contributed by atoms with E-state index in [9.17, 15) is 19.4 Å². The standard InChI is InChI=1S/C24H16FN3O4/c25-14-4-7-20(30)18(10-14)23-13(12-27-28-23)9-17-16-6-5-15(29)11-21(16)32-24(31)22(17)19-3-1-2-8-26-19/h1-8,10-12,29-30H,9H2,(H,27,28). The minimum absolute atomic E-state index is 0.0362. The van der Waals surface area contributed by atoms with Crippen LogP contribution in [0.3, 0.4) is 0 Å². The van der Waals surface area contributed by atoms with Gasteiger partial charge < -0.3 is 14.6 Å². The van der Waals surface area contributed by atoms with Crippen LogP contribution in [0.15, 0.2) is 76.2 Å². The van der Waals surface area contributed by atoms with Gasteiger partial charge in [0.15, 0.2) is 0 Å². The monoisotopic (exact) mass is 429 g/mol. The highest BCUT2D eigenvalue weighted by Crippen LogP contribution is 2.35. The van der Waals surface area contributed by atoms with Crippen molar-refractivity contribution in [2.24, 2.45) is 0 Å². The van der Waals surface area contributed by atoms with Gasteiger partial charge in [-0.1, -0.05) is 6.07 Å². The molecule has 5 rings (SSSR count). The van der Waals surface area contributed by atoms with Crippen LogP contribution in [0.1, 0.15) is 11.1 Å². The number of H-pyrrole nitrogens is 1. The molecule has 2 aromatic carbocycles. The average molecular weight is 429 g/mol. The number of halogens is 1. The van der Waals surface area contributed by atoms with Crippen LogP contribution in [0, 0.1) is 5.82 Å². The van der Waals surface area contributed by atoms with E-state index >= 15 is 0 Å². The number of nitrogens with zero attached hydrogens (tertiary/aromatic N) is 2. The number of phenolic OH excluding ortho intramolecular Hbond substituents is 2. The quantitative estimate of drug-likeness (QED) is 0.366. The summed E-state index contributed by atoms with van der Waals surface area (Å²) in [5.41, 5.74) is 2.25. The van der Waals surface area contributed by atoms with Gasteiger partial charge in [0.05, 0.1) is 23.1 Å². The number of hydrogen-bond acceptors (Lipinski definition) is 6. The van der Waals surface area contributed by atoms with Gasteiger partial charge in [-0.3, -0.25) is 10.1 Å². The maximum absolute atomic E-state index is 13.9. The van der Waals surface area contributed by atoms with Crippen molar-refractivity contribution in [3.63, 3.8) is 0 Å². The second kappa shape index (κ2) is 7.66. The highest BCUT2D eigenvalue weighted by atomic mass is 19.1. The molecule has 0 aliphatic carbocycles. The van der Waals surface area contributed by atoms with Gasteiger partial charge in [0.25, 0.3) is 0 Å². The summed E-state index contributed by atoms with van der Waals surface area (Å²) in [6.45, 7) is 0. The Labute approximate surface area is 180 Å². The lowest BCUT2D eigenvalue weighted by atomic mass is 9.94. The van der Waals surface area contributed by atoms with Crippen LogP contribution in [0.5, 0.6) is 11.5 Å². The largest absolute Gasteiger partial charge is 0.508 e. The third-order valence-electron chi connectivity index (χ3n) is 5.23. The third-order valence-corrected chi connectivity index (χ3v) is 5.23. The smallest absolute Gasteiger partial charge is 0.346 e. The molecule has 8 heteroatoms. The number of aromatic amines is 1. The lowest BCUT2D eigenvalue weighted by molar-refractivity contribution is 0.473. The Balaban J connectivity index is 1.75. The van der Waals surface area contributed by atoms with E-state index in [0.717, 1.165) is 6.07 Å². The summed E-state index contributed by atoms with van der Waals surface area (Å²) >= 11 is 0. The molecule has 0 fully saturated rings. The van der Waals surface area contributed by atoms with Gasteiger partial charge in [-0.2, -0.15) is 5.10 Å². The van der Waals surface area contributed by atoms with Crippen molar-refractivity contribution >= 4 is 11.0 Å². The maximum Gasteiger partial charge on any atom is 0.346 e. The molecule has 32 heavy (non-hydrogen) atoms. The first-order chi connectivity index (χ1) is 15.5. The first kappa shape index (κ1) is 19.5. The molecule has 158 valence electrons. The molecule has 5 aromatic rings. The molecule has 0 amide bonds. The van der Waals surface area contributed by atoms with E-state index in [0.29, 0.717) is 27.9 Å². The van der Waals surface area contributed by atoms with Crippen molar-refractivity contribution in [1.29, 1.82) is 0 Å².